The normalized spacial score (nSPS) is 26.9. The number of rotatable bonds is 0. The average molecular weight is 141 g/mol. The maximum absolute atomic E-state index is 11.0. The molecule has 54 valence electrons. The van der Waals surface area contributed by atoms with Gasteiger partial charge in [-0.2, -0.15) is 0 Å². The minimum absolute atomic E-state index is 0.292. The molecule has 0 N–H and O–H groups in total. The van der Waals surface area contributed by atoms with Gasteiger partial charge in [-0.25, -0.2) is 4.79 Å². The summed E-state index contributed by atoms with van der Waals surface area (Å²) in [5.74, 6) is 0.00234. The molecule has 2 rings (SSSR count). The summed E-state index contributed by atoms with van der Waals surface area (Å²) >= 11 is 0. The third-order valence-corrected chi connectivity index (χ3v) is 1.67. The fourth-order valence-electron chi connectivity index (χ4n) is 0.844. The third-order valence-electron chi connectivity index (χ3n) is 1.67. The standard InChI is InChI=1S/C6H7NO3/c1-4-7-10-6(2-3-6)5(8)9-4/h2-3H2,1H3. The van der Waals surface area contributed by atoms with E-state index in [1.54, 1.807) is 6.92 Å². The molecule has 4 nitrogen and oxygen atoms in total. The Bertz CT molecular complexity index is 217. The van der Waals surface area contributed by atoms with Gasteiger partial charge in [0.2, 0.25) is 11.5 Å². The number of hydrogen-bond donors (Lipinski definition) is 0. The second kappa shape index (κ2) is 1.51. The molecule has 1 heterocycles. The summed E-state index contributed by atoms with van der Waals surface area (Å²) in [5, 5.41) is 3.57. The van der Waals surface area contributed by atoms with Crippen LogP contribution in [0.5, 0.6) is 0 Å². The highest BCUT2D eigenvalue weighted by atomic mass is 16.7. The Labute approximate surface area is 57.8 Å². The highest BCUT2D eigenvalue weighted by Gasteiger charge is 2.57. The summed E-state index contributed by atoms with van der Waals surface area (Å²) in [6.45, 7) is 1.59. The van der Waals surface area contributed by atoms with E-state index in [0.717, 1.165) is 12.8 Å². The summed E-state index contributed by atoms with van der Waals surface area (Å²) in [5.41, 5.74) is -0.681. The van der Waals surface area contributed by atoms with Crippen LogP contribution in [-0.4, -0.2) is 17.5 Å². The van der Waals surface area contributed by atoms with Crippen molar-refractivity contribution >= 4 is 11.9 Å². The summed E-state index contributed by atoms with van der Waals surface area (Å²) < 4.78 is 4.75. The number of nitrogens with zero attached hydrogens (tertiary/aromatic N) is 1. The molecular weight excluding hydrogens is 134 g/mol. The number of esters is 1. The van der Waals surface area contributed by atoms with Crippen molar-refractivity contribution in [3.8, 4) is 0 Å². The highest BCUT2D eigenvalue weighted by molar-refractivity contribution is 5.94. The van der Waals surface area contributed by atoms with Crippen LogP contribution in [0.25, 0.3) is 0 Å². The van der Waals surface area contributed by atoms with E-state index < -0.39 is 5.60 Å². The van der Waals surface area contributed by atoms with Crippen LogP contribution in [0.2, 0.25) is 0 Å². The first-order valence-corrected chi connectivity index (χ1v) is 3.18. The van der Waals surface area contributed by atoms with Crippen LogP contribution in [-0.2, 0) is 14.4 Å². The van der Waals surface area contributed by atoms with Crippen molar-refractivity contribution in [3.63, 3.8) is 0 Å². The lowest BCUT2D eigenvalue weighted by Crippen LogP contribution is -2.32. The van der Waals surface area contributed by atoms with Gasteiger partial charge in [-0.15, -0.1) is 0 Å². The molecule has 0 aromatic heterocycles. The number of hydrogen-bond acceptors (Lipinski definition) is 4. The number of cyclic esters (lactones) is 1. The van der Waals surface area contributed by atoms with Gasteiger partial charge in [0.15, 0.2) is 0 Å². The van der Waals surface area contributed by atoms with Gasteiger partial charge in [-0.3, -0.25) is 0 Å². The van der Waals surface area contributed by atoms with E-state index in [9.17, 15) is 4.79 Å². The summed E-state index contributed by atoms with van der Waals surface area (Å²) in [6.07, 6.45) is 1.48. The van der Waals surface area contributed by atoms with E-state index in [2.05, 4.69) is 5.16 Å². The van der Waals surface area contributed by atoms with Gasteiger partial charge >= 0.3 is 5.97 Å². The molecule has 0 saturated heterocycles. The van der Waals surface area contributed by atoms with Crippen molar-refractivity contribution in [1.82, 2.24) is 0 Å². The second-order valence-electron chi connectivity index (χ2n) is 2.59. The maximum Gasteiger partial charge on any atom is 0.359 e. The van der Waals surface area contributed by atoms with Gasteiger partial charge < -0.3 is 9.57 Å². The molecule has 0 aromatic carbocycles. The number of oxime groups is 1. The molecule has 0 amide bonds. The van der Waals surface area contributed by atoms with Gasteiger partial charge in [0.1, 0.15) is 0 Å². The first kappa shape index (κ1) is 5.70. The van der Waals surface area contributed by atoms with Crippen LogP contribution in [0.4, 0.5) is 0 Å². The fourth-order valence-corrected chi connectivity index (χ4v) is 0.844. The third kappa shape index (κ3) is 0.616. The minimum atomic E-state index is -0.681. The molecule has 1 spiro atoms. The van der Waals surface area contributed by atoms with Crippen LogP contribution < -0.4 is 0 Å². The predicted molar refractivity (Wildman–Crippen MR) is 32.3 cm³/mol. The Balaban J connectivity index is 2.23. The van der Waals surface area contributed by atoms with Gasteiger partial charge in [0.25, 0.3) is 0 Å². The van der Waals surface area contributed by atoms with Crippen LogP contribution >= 0.6 is 0 Å². The van der Waals surface area contributed by atoms with Crippen LogP contribution in [0.1, 0.15) is 19.8 Å². The quantitative estimate of drug-likeness (QED) is 0.459. The minimum Gasteiger partial charge on any atom is -0.406 e. The Morgan fingerprint density at radius 3 is 2.80 bits per heavy atom. The van der Waals surface area contributed by atoms with E-state index >= 15 is 0 Å². The summed E-state index contributed by atoms with van der Waals surface area (Å²) in [4.78, 5) is 15.9. The zero-order valence-electron chi connectivity index (χ0n) is 5.59. The lowest BCUT2D eigenvalue weighted by atomic mass is 10.3. The van der Waals surface area contributed by atoms with Crippen molar-refractivity contribution in [1.29, 1.82) is 0 Å². The Morgan fingerprint density at radius 2 is 2.30 bits per heavy atom. The van der Waals surface area contributed by atoms with Crippen LogP contribution in [0, 0.1) is 0 Å². The van der Waals surface area contributed by atoms with E-state index in [1.165, 1.54) is 0 Å². The van der Waals surface area contributed by atoms with Gasteiger partial charge in [0, 0.05) is 19.8 Å². The van der Waals surface area contributed by atoms with Crippen LogP contribution in [0.3, 0.4) is 0 Å². The van der Waals surface area contributed by atoms with E-state index in [1.807, 2.05) is 0 Å². The molecule has 4 heteroatoms. The summed E-state index contributed by atoms with van der Waals surface area (Å²) in [6, 6.07) is 0. The van der Waals surface area contributed by atoms with Crippen molar-refractivity contribution in [2.75, 3.05) is 0 Å². The molecule has 1 aliphatic heterocycles. The monoisotopic (exact) mass is 141 g/mol. The molecule has 0 radical (unpaired) electrons. The van der Waals surface area contributed by atoms with E-state index in [4.69, 9.17) is 9.57 Å². The van der Waals surface area contributed by atoms with Crippen molar-refractivity contribution in [2.24, 2.45) is 5.16 Å². The molecule has 1 fully saturated rings. The lowest BCUT2D eigenvalue weighted by Gasteiger charge is -2.16. The van der Waals surface area contributed by atoms with Gasteiger partial charge in [-0.1, -0.05) is 5.16 Å². The molecule has 0 aromatic rings. The molecule has 0 atom stereocenters. The summed E-state index contributed by atoms with van der Waals surface area (Å²) in [7, 11) is 0. The first-order valence-electron chi connectivity index (χ1n) is 3.18. The first-order chi connectivity index (χ1) is 4.73. The van der Waals surface area contributed by atoms with Crippen molar-refractivity contribution in [2.45, 2.75) is 25.4 Å². The van der Waals surface area contributed by atoms with E-state index in [-0.39, 0.29) is 5.97 Å². The van der Waals surface area contributed by atoms with Crippen molar-refractivity contribution in [3.05, 3.63) is 0 Å². The number of carbonyl (C=O) groups is 1. The molecule has 2 aliphatic rings. The maximum atomic E-state index is 11.0. The van der Waals surface area contributed by atoms with Gasteiger partial charge in [-0.05, 0) is 0 Å². The SMILES string of the molecule is CC1=NOC2(CC2)C(=O)O1. The highest BCUT2D eigenvalue weighted by Crippen LogP contribution is 2.42. The largest absolute Gasteiger partial charge is 0.406 e. The molecule has 10 heavy (non-hydrogen) atoms. The molecule has 1 aliphatic carbocycles. The Kier molecular flexibility index (Phi) is 0.859. The zero-order chi connectivity index (χ0) is 7.19. The van der Waals surface area contributed by atoms with E-state index in [0.29, 0.717) is 5.90 Å². The molecule has 0 bridgehead atoms. The molecular formula is C6H7NO3. The smallest absolute Gasteiger partial charge is 0.359 e. The second-order valence-corrected chi connectivity index (χ2v) is 2.59. The van der Waals surface area contributed by atoms with Crippen LogP contribution in [0.15, 0.2) is 5.16 Å². The number of ether oxygens (including phenoxy) is 1. The zero-order valence-corrected chi connectivity index (χ0v) is 5.59. The Hall–Kier alpha value is -1.06. The Morgan fingerprint density at radius 1 is 1.60 bits per heavy atom. The molecule has 0 unspecified atom stereocenters. The lowest BCUT2D eigenvalue weighted by molar-refractivity contribution is -0.157. The molecule has 1 saturated carbocycles. The number of carbonyl (C=O) groups excluding carboxylic acids is 1. The van der Waals surface area contributed by atoms with Crippen molar-refractivity contribution < 1.29 is 14.4 Å². The average Bonchev–Trinajstić information content (AvgIpc) is 2.62. The topological polar surface area (TPSA) is 47.9 Å². The predicted octanol–water partition coefficient (Wildman–Crippen LogP) is 0.426. The van der Waals surface area contributed by atoms with Gasteiger partial charge in [0.05, 0.1) is 0 Å². The fraction of sp³-hybridized carbons (Fsp3) is 0.667.